The van der Waals surface area contributed by atoms with Gasteiger partial charge in [-0.1, -0.05) is 91.1 Å². The molecule has 1 atom stereocenters. The number of rotatable bonds is 7. The monoisotopic (exact) mass is 578 g/mol. The van der Waals surface area contributed by atoms with Crippen LogP contribution >= 0.6 is 11.3 Å². The van der Waals surface area contributed by atoms with Crippen molar-refractivity contribution in [2.24, 2.45) is 4.99 Å². The van der Waals surface area contributed by atoms with Crippen LogP contribution in [-0.2, 0) is 16.1 Å². The van der Waals surface area contributed by atoms with Crippen molar-refractivity contribution >= 4 is 34.2 Å². The Morgan fingerprint density at radius 1 is 1.00 bits per heavy atom. The number of fused-ring (bicyclic) bond motifs is 2. The molecule has 42 heavy (non-hydrogen) atoms. The fraction of sp³-hybridized carbons (Fsp3) is 0.147. The van der Waals surface area contributed by atoms with Gasteiger partial charge < -0.3 is 9.47 Å². The number of methoxy groups -OCH3 is 1. The molecule has 1 aliphatic rings. The van der Waals surface area contributed by atoms with E-state index in [1.807, 2.05) is 79.7 Å². The van der Waals surface area contributed by atoms with Gasteiger partial charge in [-0.25, -0.2) is 14.2 Å². The number of hydrogen-bond donors (Lipinski definition) is 0. The van der Waals surface area contributed by atoms with Gasteiger partial charge in [0.1, 0.15) is 18.2 Å². The summed E-state index contributed by atoms with van der Waals surface area (Å²) in [5.74, 6) is -0.229. The van der Waals surface area contributed by atoms with Crippen LogP contribution in [0.5, 0.6) is 5.75 Å². The molecule has 0 spiro atoms. The Hall–Kier alpha value is -4.82. The number of allylic oxidation sites excluding steroid dienone is 1. The van der Waals surface area contributed by atoms with Crippen molar-refractivity contribution in [1.29, 1.82) is 0 Å². The number of nitrogens with zero attached hydrogens (tertiary/aromatic N) is 2. The lowest BCUT2D eigenvalue weighted by molar-refractivity contribution is -0.136. The van der Waals surface area contributed by atoms with Gasteiger partial charge in [0, 0.05) is 5.56 Å². The molecular weight excluding hydrogens is 551 g/mol. The third-order valence-corrected chi connectivity index (χ3v) is 8.26. The lowest BCUT2D eigenvalue weighted by Gasteiger charge is -2.25. The van der Waals surface area contributed by atoms with E-state index in [1.54, 1.807) is 16.7 Å². The number of carbonyl (C=O) groups excluding carboxylic acids is 1. The zero-order valence-electron chi connectivity index (χ0n) is 23.0. The maximum Gasteiger partial charge on any atom is 0.338 e. The van der Waals surface area contributed by atoms with Gasteiger partial charge in [-0.15, -0.1) is 0 Å². The number of thiazole rings is 1. The Labute approximate surface area is 245 Å². The van der Waals surface area contributed by atoms with Gasteiger partial charge in [0.25, 0.3) is 5.56 Å². The molecule has 0 bridgehead atoms. The van der Waals surface area contributed by atoms with Crippen LogP contribution in [0.4, 0.5) is 4.39 Å². The predicted octanol–water partition coefficient (Wildman–Crippen LogP) is 5.67. The number of carbonyl (C=O) groups is 1. The Morgan fingerprint density at radius 2 is 1.74 bits per heavy atom. The SMILES string of the molecule is CCC1=C(C(=O)OC)[C@H](c2ccccc2)n2c(s/c(=C/c3c(OCc4ccc(F)cc4)ccc4ccccc34)c2=O)=N1. The Morgan fingerprint density at radius 3 is 2.48 bits per heavy atom. The number of benzene rings is 4. The van der Waals surface area contributed by atoms with Gasteiger partial charge in [-0.3, -0.25) is 9.36 Å². The lowest BCUT2D eigenvalue weighted by Crippen LogP contribution is -2.40. The van der Waals surface area contributed by atoms with Crippen molar-refractivity contribution in [2.75, 3.05) is 7.11 Å². The zero-order chi connectivity index (χ0) is 29.2. The number of hydrogen-bond acceptors (Lipinski definition) is 6. The van der Waals surface area contributed by atoms with E-state index < -0.39 is 12.0 Å². The molecule has 0 saturated carbocycles. The highest BCUT2D eigenvalue weighted by Crippen LogP contribution is 2.32. The summed E-state index contributed by atoms with van der Waals surface area (Å²) in [4.78, 5) is 32.5. The van der Waals surface area contributed by atoms with Crippen molar-refractivity contribution in [3.8, 4) is 5.75 Å². The van der Waals surface area contributed by atoms with E-state index in [9.17, 15) is 14.0 Å². The van der Waals surface area contributed by atoms with Crippen LogP contribution in [0.3, 0.4) is 0 Å². The molecule has 0 unspecified atom stereocenters. The summed E-state index contributed by atoms with van der Waals surface area (Å²) in [5.41, 5.74) is 3.05. The first-order valence-electron chi connectivity index (χ1n) is 13.6. The predicted molar refractivity (Wildman–Crippen MR) is 162 cm³/mol. The Balaban J connectivity index is 1.54. The first kappa shape index (κ1) is 27.4. The van der Waals surface area contributed by atoms with Crippen LogP contribution in [0.25, 0.3) is 16.8 Å². The highest BCUT2D eigenvalue weighted by molar-refractivity contribution is 7.07. The third-order valence-electron chi connectivity index (χ3n) is 7.28. The van der Waals surface area contributed by atoms with Crippen LogP contribution in [0.1, 0.15) is 36.1 Å². The summed E-state index contributed by atoms with van der Waals surface area (Å²) in [5, 5.41) is 1.91. The molecule has 4 aromatic carbocycles. The molecule has 0 amide bonds. The maximum absolute atomic E-state index is 14.1. The molecule has 210 valence electrons. The van der Waals surface area contributed by atoms with Gasteiger partial charge in [0.05, 0.1) is 29.0 Å². The molecule has 0 radical (unpaired) electrons. The highest BCUT2D eigenvalue weighted by Gasteiger charge is 2.33. The minimum absolute atomic E-state index is 0.233. The van der Waals surface area contributed by atoms with Crippen molar-refractivity contribution in [1.82, 2.24) is 4.57 Å². The average molecular weight is 579 g/mol. The van der Waals surface area contributed by atoms with E-state index in [0.717, 1.165) is 27.5 Å². The van der Waals surface area contributed by atoms with Crippen LogP contribution < -0.4 is 19.6 Å². The molecule has 1 aromatic heterocycles. The summed E-state index contributed by atoms with van der Waals surface area (Å²) in [6.07, 6.45) is 2.34. The fourth-order valence-corrected chi connectivity index (χ4v) is 6.24. The number of ether oxygens (including phenoxy) is 2. The molecule has 0 saturated heterocycles. The van der Waals surface area contributed by atoms with Gasteiger partial charge in [-0.05, 0) is 52.6 Å². The van der Waals surface area contributed by atoms with E-state index in [-0.39, 0.29) is 18.0 Å². The van der Waals surface area contributed by atoms with E-state index in [0.29, 0.717) is 32.8 Å². The van der Waals surface area contributed by atoms with Gasteiger partial charge >= 0.3 is 5.97 Å². The minimum Gasteiger partial charge on any atom is -0.488 e. The average Bonchev–Trinajstić information content (AvgIpc) is 3.34. The fourth-order valence-electron chi connectivity index (χ4n) is 5.24. The minimum atomic E-state index is -0.672. The zero-order valence-corrected chi connectivity index (χ0v) is 23.9. The summed E-state index contributed by atoms with van der Waals surface area (Å²) < 4.78 is 26.8. The summed E-state index contributed by atoms with van der Waals surface area (Å²) >= 11 is 1.27. The normalized spacial score (nSPS) is 14.9. The Kier molecular flexibility index (Phi) is 7.54. The molecule has 5 aromatic rings. The van der Waals surface area contributed by atoms with E-state index >= 15 is 0 Å². The van der Waals surface area contributed by atoms with E-state index in [2.05, 4.69) is 0 Å². The molecule has 0 aliphatic carbocycles. The van der Waals surface area contributed by atoms with Gasteiger partial charge in [0.2, 0.25) is 0 Å². The second-order valence-electron chi connectivity index (χ2n) is 9.81. The van der Waals surface area contributed by atoms with Crippen LogP contribution in [0.15, 0.2) is 112 Å². The topological polar surface area (TPSA) is 69.9 Å². The summed E-state index contributed by atoms with van der Waals surface area (Å²) in [6, 6.07) is 26.7. The summed E-state index contributed by atoms with van der Waals surface area (Å²) in [7, 11) is 1.34. The first-order valence-corrected chi connectivity index (χ1v) is 14.4. The van der Waals surface area contributed by atoms with E-state index in [4.69, 9.17) is 14.5 Å². The van der Waals surface area contributed by atoms with Crippen molar-refractivity contribution < 1.29 is 18.7 Å². The molecule has 6 rings (SSSR count). The molecule has 0 fully saturated rings. The second-order valence-corrected chi connectivity index (χ2v) is 10.8. The van der Waals surface area contributed by atoms with Gasteiger partial charge in [-0.2, -0.15) is 0 Å². The highest BCUT2D eigenvalue weighted by atomic mass is 32.1. The Bertz CT molecular complexity index is 2010. The van der Waals surface area contributed by atoms with Crippen LogP contribution in [0.2, 0.25) is 0 Å². The molecule has 8 heteroatoms. The van der Waals surface area contributed by atoms with E-state index in [1.165, 1.54) is 30.6 Å². The summed E-state index contributed by atoms with van der Waals surface area (Å²) in [6.45, 7) is 2.16. The number of aromatic nitrogens is 1. The van der Waals surface area contributed by atoms with Crippen molar-refractivity contribution in [3.05, 3.63) is 144 Å². The van der Waals surface area contributed by atoms with Crippen LogP contribution in [0, 0.1) is 5.82 Å². The number of halogens is 1. The molecule has 6 nitrogen and oxygen atoms in total. The molecule has 0 N–H and O–H groups in total. The largest absolute Gasteiger partial charge is 0.488 e. The second kappa shape index (κ2) is 11.6. The van der Waals surface area contributed by atoms with Gasteiger partial charge in [0.15, 0.2) is 4.80 Å². The smallest absolute Gasteiger partial charge is 0.338 e. The molecule has 1 aliphatic heterocycles. The maximum atomic E-state index is 14.1. The molecular formula is C34H27FN2O4S. The lowest BCUT2D eigenvalue weighted by atomic mass is 9.95. The van der Waals surface area contributed by atoms with Crippen molar-refractivity contribution in [2.45, 2.75) is 26.0 Å². The van der Waals surface area contributed by atoms with Crippen LogP contribution in [-0.4, -0.2) is 17.6 Å². The molecule has 2 heterocycles. The quantitative estimate of drug-likeness (QED) is 0.234. The van der Waals surface area contributed by atoms with Crippen molar-refractivity contribution in [3.63, 3.8) is 0 Å². The number of esters is 1. The third kappa shape index (κ3) is 5.05. The first-order chi connectivity index (χ1) is 20.5. The standard InChI is InChI=1S/C34H27FN2O4S/c1-3-27-30(33(39)40-2)31(23-10-5-4-6-11-23)37-32(38)29(42-34(37)36-27)19-26-25-12-8-7-9-22(25)15-18-28(26)41-20-21-13-16-24(35)17-14-21/h4-19,31H,3,20H2,1-2H3/b29-19+/t31-/m0/s1.